The Morgan fingerprint density at radius 2 is 1.50 bits per heavy atom. The zero-order chi connectivity index (χ0) is 11.2. The number of alkyl halides is 3. The Kier molecular flexibility index (Phi) is 5.23. The molecule has 4 heteroatoms. The van der Waals surface area contributed by atoms with E-state index in [1.54, 1.807) is 0 Å². The van der Waals surface area contributed by atoms with E-state index in [1.165, 1.54) is 5.56 Å². The van der Waals surface area contributed by atoms with E-state index in [9.17, 15) is 13.2 Å². The Balaban J connectivity index is 0.000000292. The smallest absolute Gasteiger partial charge is 0.324 e. The number of hydrogen-bond acceptors (Lipinski definition) is 1. The van der Waals surface area contributed by atoms with E-state index < -0.39 is 6.18 Å². The van der Waals surface area contributed by atoms with Gasteiger partial charge in [-0.3, -0.25) is 0 Å². The summed E-state index contributed by atoms with van der Waals surface area (Å²) in [5.74, 6) is 0. The second-order valence-corrected chi connectivity index (χ2v) is 2.98. The average Bonchev–Trinajstić information content (AvgIpc) is 2.03. The van der Waals surface area contributed by atoms with E-state index in [1.807, 2.05) is 37.3 Å². The number of benzene rings is 1. The van der Waals surface area contributed by atoms with E-state index in [2.05, 4.69) is 0 Å². The van der Waals surface area contributed by atoms with Crippen LogP contribution in [0.2, 0.25) is 0 Å². The molecule has 1 unspecified atom stereocenters. The first kappa shape index (κ1) is 13.0. The fraction of sp³-hybridized carbons (Fsp3) is 0.400. The summed E-state index contributed by atoms with van der Waals surface area (Å²) in [5, 5.41) is 0. The molecule has 0 saturated carbocycles. The number of hydrogen-bond donors (Lipinski definition) is 1. The molecule has 1 nitrogen and oxygen atoms in total. The SMILES string of the molecule is CC(F)(F)F.CC(N)c1ccccc1. The molecule has 80 valence electrons. The zero-order valence-corrected chi connectivity index (χ0v) is 8.18. The molecule has 0 heterocycles. The standard InChI is InChI=1S/C8H11N.C2H3F3/c1-7(9)8-5-3-2-4-6-8;1-2(3,4)5/h2-7H,9H2,1H3;1H3. The zero-order valence-electron chi connectivity index (χ0n) is 8.18. The lowest BCUT2D eigenvalue weighted by Gasteiger charge is -2.02. The normalized spacial score (nSPS) is 12.7. The molecule has 0 saturated heterocycles. The molecule has 1 atom stereocenters. The van der Waals surface area contributed by atoms with Crippen LogP contribution >= 0.6 is 0 Å². The highest BCUT2D eigenvalue weighted by atomic mass is 19.4. The van der Waals surface area contributed by atoms with E-state index >= 15 is 0 Å². The summed E-state index contributed by atoms with van der Waals surface area (Å²) in [6.07, 6.45) is -4.00. The van der Waals surface area contributed by atoms with Crippen molar-refractivity contribution < 1.29 is 13.2 Å². The molecule has 2 N–H and O–H groups in total. The minimum absolute atomic E-state index is 0.159. The third-order valence-electron chi connectivity index (χ3n) is 1.33. The van der Waals surface area contributed by atoms with Gasteiger partial charge in [0, 0.05) is 13.0 Å². The van der Waals surface area contributed by atoms with Crippen LogP contribution in [0.3, 0.4) is 0 Å². The molecule has 0 radical (unpaired) electrons. The van der Waals surface area contributed by atoms with Crippen molar-refractivity contribution in [1.29, 1.82) is 0 Å². The molecule has 1 aromatic carbocycles. The molecule has 0 aromatic heterocycles. The van der Waals surface area contributed by atoms with E-state index in [0.717, 1.165) is 0 Å². The van der Waals surface area contributed by atoms with Crippen LogP contribution in [0.5, 0.6) is 0 Å². The van der Waals surface area contributed by atoms with Gasteiger partial charge in [0.2, 0.25) is 0 Å². The van der Waals surface area contributed by atoms with E-state index in [4.69, 9.17) is 5.73 Å². The van der Waals surface area contributed by atoms with Crippen LogP contribution in [0, 0.1) is 0 Å². The molecule has 0 aliphatic carbocycles. The van der Waals surface area contributed by atoms with Crippen LogP contribution < -0.4 is 5.73 Å². The van der Waals surface area contributed by atoms with Crippen molar-refractivity contribution in [2.75, 3.05) is 0 Å². The third kappa shape index (κ3) is 9.06. The Labute approximate surface area is 81.7 Å². The second kappa shape index (κ2) is 5.65. The highest BCUT2D eigenvalue weighted by molar-refractivity contribution is 5.17. The molecule has 0 aliphatic heterocycles. The highest BCUT2D eigenvalue weighted by Crippen LogP contribution is 2.10. The van der Waals surface area contributed by atoms with E-state index in [-0.39, 0.29) is 13.0 Å². The molecule has 0 amide bonds. The average molecular weight is 205 g/mol. The molecule has 0 bridgehead atoms. The van der Waals surface area contributed by atoms with Crippen LogP contribution in [0.1, 0.15) is 25.5 Å². The fourth-order valence-corrected chi connectivity index (χ4v) is 0.757. The lowest BCUT2D eigenvalue weighted by Crippen LogP contribution is -2.03. The van der Waals surface area contributed by atoms with Gasteiger partial charge in [0.1, 0.15) is 0 Å². The molecule has 14 heavy (non-hydrogen) atoms. The molecule has 0 aliphatic rings. The van der Waals surface area contributed by atoms with Crippen molar-refractivity contribution in [2.24, 2.45) is 5.73 Å². The topological polar surface area (TPSA) is 26.0 Å². The van der Waals surface area contributed by atoms with Gasteiger partial charge >= 0.3 is 6.18 Å². The van der Waals surface area contributed by atoms with Crippen molar-refractivity contribution in [2.45, 2.75) is 26.1 Å². The first-order valence-electron chi connectivity index (χ1n) is 4.18. The van der Waals surface area contributed by atoms with Gasteiger partial charge in [-0.05, 0) is 12.5 Å². The Hall–Kier alpha value is -1.03. The third-order valence-corrected chi connectivity index (χ3v) is 1.33. The quantitative estimate of drug-likeness (QED) is 0.748. The van der Waals surface area contributed by atoms with Crippen LogP contribution in [0.4, 0.5) is 13.2 Å². The van der Waals surface area contributed by atoms with Crippen molar-refractivity contribution in [3.63, 3.8) is 0 Å². The van der Waals surface area contributed by atoms with Gasteiger partial charge < -0.3 is 5.73 Å². The summed E-state index contributed by atoms with van der Waals surface area (Å²) in [7, 11) is 0. The Morgan fingerprint density at radius 3 is 1.71 bits per heavy atom. The van der Waals surface area contributed by atoms with Gasteiger partial charge in [0.25, 0.3) is 0 Å². The van der Waals surface area contributed by atoms with Gasteiger partial charge in [-0.1, -0.05) is 30.3 Å². The maximum Gasteiger partial charge on any atom is 0.386 e. The Morgan fingerprint density at radius 1 is 1.14 bits per heavy atom. The molecule has 1 rings (SSSR count). The lowest BCUT2D eigenvalue weighted by atomic mass is 10.1. The predicted molar refractivity (Wildman–Crippen MR) is 50.8 cm³/mol. The van der Waals surface area contributed by atoms with E-state index in [0.29, 0.717) is 0 Å². The first-order valence-corrected chi connectivity index (χ1v) is 4.18. The summed E-state index contributed by atoms with van der Waals surface area (Å²) < 4.78 is 31.1. The van der Waals surface area contributed by atoms with Crippen molar-refractivity contribution in [1.82, 2.24) is 0 Å². The molecule has 0 spiro atoms. The number of rotatable bonds is 1. The van der Waals surface area contributed by atoms with Gasteiger partial charge in [0.15, 0.2) is 0 Å². The summed E-state index contributed by atoms with van der Waals surface area (Å²) in [6, 6.07) is 10.2. The minimum Gasteiger partial charge on any atom is -0.324 e. The maximum absolute atomic E-state index is 10.4. The fourth-order valence-electron chi connectivity index (χ4n) is 0.757. The van der Waals surface area contributed by atoms with Crippen LogP contribution in [-0.2, 0) is 0 Å². The minimum atomic E-state index is -4.00. The van der Waals surface area contributed by atoms with Crippen molar-refractivity contribution >= 4 is 0 Å². The largest absolute Gasteiger partial charge is 0.386 e. The maximum atomic E-state index is 10.4. The monoisotopic (exact) mass is 205 g/mol. The van der Waals surface area contributed by atoms with Crippen molar-refractivity contribution in [3.05, 3.63) is 35.9 Å². The summed E-state index contributed by atoms with van der Waals surface area (Å²) in [6.45, 7) is 2.17. The summed E-state index contributed by atoms with van der Waals surface area (Å²) >= 11 is 0. The number of halogens is 3. The van der Waals surface area contributed by atoms with Crippen LogP contribution in [0.25, 0.3) is 0 Å². The van der Waals surface area contributed by atoms with Gasteiger partial charge in [-0.15, -0.1) is 0 Å². The van der Waals surface area contributed by atoms with Gasteiger partial charge in [-0.2, -0.15) is 13.2 Å². The van der Waals surface area contributed by atoms with Gasteiger partial charge in [0.05, 0.1) is 0 Å². The van der Waals surface area contributed by atoms with Crippen molar-refractivity contribution in [3.8, 4) is 0 Å². The molecule has 1 aromatic rings. The summed E-state index contributed by atoms with van der Waals surface area (Å²) in [4.78, 5) is 0. The van der Waals surface area contributed by atoms with Crippen LogP contribution in [-0.4, -0.2) is 6.18 Å². The number of nitrogens with two attached hydrogens (primary N) is 1. The predicted octanol–water partition coefficient (Wildman–Crippen LogP) is 3.27. The Bertz CT molecular complexity index is 235. The lowest BCUT2D eigenvalue weighted by molar-refractivity contribution is -0.110. The molecule has 0 fully saturated rings. The highest BCUT2D eigenvalue weighted by Gasteiger charge is 2.15. The molecular weight excluding hydrogens is 191 g/mol. The first-order chi connectivity index (χ1) is 6.30. The molecular formula is C10H14F3N. The second-order valence-electron chi connectivity index (χ2n) is 2.98. The summed E-state index contributed by atoms with van der Waals surface area (Å²) in [5.41, 5.74) is 6.81. The van der Waals surface area contributed by atoms with Gasteiger partial charge in [-0.25, -0.2) is 0 Å². The van der Waals surface area contributed by atoms with Crippen LogP contribution in [0.15, 0.2) is 30.3 Å².